The molecule has 1 aromatic heterocycles. The van der Waals surface area contributed by atoms with Crippen LogP contribution in [0.1, 0.15) is 42.3 Å². The molecule has 0 aromatic carbocycles. The number of aliphatic hydroxyl groups is 1. The predicted molar refractivity (Wildman–Crippen MR) is 65.6 cm³/mol. The van der Waals surface area contributed by atoms with E-state index in [-0.39, 0.29) is 24.2 Å². The van der Waals surface area contributed by atoms with Gasteiger partial charge in [0.2, 0.25) is 0 Å². The van der Waals surface area contributed by atoms with E-state index in [1.54, 1.807) is 0 Å². The second kappa shape index (κ2) is 4.48. The van der Waals surface area contributed by atoms with Crippen LogP contribution >= 0.6 is 0 Å². The molecule has 18 heavy (non-hydrogen) atoms. The molecule has 98 valence electrons. The third-order valence-corrected chi connectivity index (χ3v) is 4.06. The molecule has 5 heteroatoms. The topological polar surface area (TPSA) is 75.2 Å². The number of aromatic nitrogens is 2. The first-order valence-electron chi connectivity index (χ1n) is 6.55. The maximum atomic E-state index is 12.0. The molecule has 3 heterocycles. The second-order valence-electron chi connectivity index (χ2n) is 5.20. The van der Waals surface area contributed by atoms with Gasteiger partial charge in [-0.3, -0.25) is 4.79 Å². The zero-order chi connectivity index (χ0) is 12.7. The van der Waals surface area contributed by atoms with Crippen molar-refractivity contribution in [1.29, 1.82) is 0 Å². The molecule has 1 aromatic rings. The predicted octanol–water partition coefficient (Wildman–Crippen LogP) is 0.648. The van der Waals surface area contributed by atoms with Crippen molar-refractivity contribution in [2.75, 3.05) is 6.61 Å². The van der Waals surface area contributed by atoms with Gasteiger partial charge in [0.05, 0.1) is 12.2 Å². The van der Waals surface area contributed by atoms with Gasteiger partial charge in [-0.25, -0.2) is 4.98 Å². The summed E-state index contributed by atoms with van der Waals surface area (Å²) in [6.07, 6.45) is 4.10. The van der Waals surface area contributed by atoms with E-state index in [1.165, 1.54) is 0 Å². The van der Waals surface area contributed by atoms with E-state index in [0.29, 0.717) is 18.1 Å². The third-order valence-electron chi connectivity index (χ3n) is 4.06. The van der Waals surface area contributed by atoms with Gasteiger partial charge in [0.1, 0.15) is 5.82 Å². The number of aromatic amines is 1. The van der Waals surface area contributed by atoms with Crippen LogP contribution in [0.3, 0.4) is 0 Å². The Balaban J connectivity index is 1.92. The van der Waals surface area contributed by atoms with Crippen molar-refractivity contribution in [3.63, 3.8) is 0 Å². The molecule has 2 aliphatic heterocycles. The summed E-state index contributed by atoms with van der Waals surface area (Å²) in [5, 5.41) is 8.93. The van der Waals surface area contributed by atoms with Crippen LogP contribution in [0, 0.1) is 6.92 Å². The Kier molecular flexibility index (Phi) is 2.95. The van der Waals surface area contributed by atoms with Gasteiger partial charge in [-0.1, -0.05) is 0 Å². The van der Waals surface area contributed by atoms with Crippen LogP contribution in [0.4, 0.5) is 0 Å². The van der Waals surface area contributed by atoms with Gasteiger partial charge in [-0.2, -0.15) is 0 Å². The van der Waals surface area contributed by atoms with Crippen LogP contribution in [0.2, 0.25) is 0 Å². The van der Waals surface area contributed by atoms with Gasteiger partial charge >= 0.3 is 0 Å². The molecule has 2 N–H and O–H groups in total. The fourth-order valence-electron chi connectivity index (χ4n) is 3.14. The van der Waals surface area contributed by atoms with E-state index in [2.05, 4.69) is 9.97 Å². The summed E-state index contributed by atoms with van der Waals surface area (Å²) in [7, 11) is 0. The number of H-pyrrole nitrogens is 1. The Labute approximate surface area is 105 Å². The summed E-state index contributed by atoms with van der Waals surface area (Å²) < 4.78 is 5.79. The molecule has 2 fully saturated rings. The summed E-state index contributed by atoms with van der Waals surface area (Å²) >= 11 is 0. The van der Waals surface area contributed by atoms with E-state index in [1.807, 2.05) is 6.92 Å². The van der Waals surface area contributed by atoms with Gasteiger partial charge in [-0.15, -0.1) is 0 Å². The average Bonchev–Trinajstić information content (AvgIpc) is 2.95. The van der Waals surface area contributed by atoms with Crippen LogP contribution in [0.5, 0.6) is 0 Å². The van der Waals surface area contributed by atoms with Gasteiger partial charge in [-0.05, 0) is 26.2 Å². The number of nitrogens with one attached hydrogen (secondary N) is 1. The van der Waals surface area contributed by atoms with Gasteiger partial charge in [0, 0.05) is 30.2 Å². The number of fused-ring (bicyclic) bond motifs is 2. The van der Waals surface area contributed by atoms with Crippen molar-refractivity contribution in [1.82, 2.24) is 9.97 Å². The molecule has 0 aliphatic carbocycles. The Bertz CT molecular complexity index is 511. The van der Waals surface area contributed by atoms with Gasteiger partial charge in [0.15, 0.2) is 0 Å². The fourth-order valence-corrected chi connectivity index (χ4v) is 3.14. The first-order chi connectivity index (χ1) is 8.69. The van der Waals surface area contributed by atoms with E-state index < -0.39 is 0 Å². The highest BCUT2D eigenvalue weighted by Gasteiger charge is 2.42. The summed E-state index contributed by atoms with van der Waals surface area (Å²) in [4.78, 5) is 19.3. The molecule has 0 saturated carbocycles. The standard InChI is InChI=1S/C13H18N2O3/c1-7-9(4-5-16)13(17)15-12(14-7)10-6-8-2-3-11(10)18-8/h8,10-11,16H,2-6H2,1H3,(H,14,15,17). The zero-order valence-electron chi connectivity index (χ0n) is 10.5. The normalized spacial score (nSPS) is 30.0. The third kappa shape index (κ3) is 1.87. The Morgan fingerprint density at radius 1 is 1.50 bits per heavy atom. The average molecular weight is 250 g/mol. The maximum absolute atomic E-state index is 12.0. The van der Waals surface area contributed by atoms with Crippen LogP contribution in [0.15, 0.2) is 4.79 Å². The SMILES string of the molecule is Cc1nc(C2CC3CCC2O3)[nH]c(=O)c1CCO. The molecule has 0 amide bonds. The summed E-state index contributed by atoms with van der Waals surface area (Å²) in [5.74, 6) is 0.990. The molecule has 0 radical (unpaired) electrons. The molecule has 3 rings (SSSR count). The van der Waals surface area contributed by atoms with E-state index in [0.717, 1.165) is 30.8 Å². The van der Waals surface area contributed by atoms with Crippen molar-refractivity contribution >= 4 is 0 Å². The monoisotopic (exact) mass is 250 g/mol. The fraction of sp³-hybridized carbons (Fsp3) is 0.692. The van der Waals surface area contributed by atoms with Crippen molar-refractivity contribution in [3.05, 3.63) is 27.4 Å². The number of aliphatic hydroxyl groups excluding tert-OH is 1. The lowest BCUT2D eigenvalue weighted by Gasteiger charge is -2.18. The number of hydrogen-bond acceptors (Lipinski definition) is 4. The van der Waals surface area contributed by atoms with Crippen molar-refractivity contribution in [3.8, 4) is 0 Å². The number of hydrogen-bond donors (Lipinski definition) is 2. The minimum absolute atomic E-state index is 0.0256. The molecule has 2 bridgehead atoms. The lowest BCUT2D eigenvalue weighted by molar-refractivity contribution is 0.0998. The Morgan fingerprint density at radius 3 is 2.89 bits per heavy atom. The molecule has 0 spiro atoms. The molecule has 2 saturated heterocycles. The summed E-state index contributed by atoms with van der Waals surface area (Å²) in [5.41, 5.74) is 1.20. The highest BCUT2D eigenvalue weighted by Crippen LogP contribution is 2.43. The highest BCUT2D eigenvalue weighted by molar-refractivity contribution is 5.19. The van der Waals surface area contributed by atoms with Crippen LogP contribution < -0.4 is 5.56 Å². The number of ether oxygens (including phenoxy) is 1. The second-order valence-corrected chi connectivity index (χ2v) is 5.20. The first kappa shape index (κ1) is 11.9. The largest absolute Gasteiger partial charge is 0.396 e. The summed E-state index contributed by atoms with van der Waals surface area (Å²) in [6.45, 7) is 1.81. The molecular weight excluding hydrogens is 232 g/mol. The van der Waals surface area contributed by atoms with E-state index in [9.17, 15) is 4.79 Å². The number of aryl methyl sites for hydroxylation is 1. The van der Waals surface area contributed by atoms with Crippen molar-refractivity contribution in [2.45, 2.75) is 50.7 Å². The molecule has 2 aliphatic rings. The molecule has 5 nitrogen and oxygen atoms in total. The van der Waals surface area contributed by atoms with E-state index in [4.69, 9.17) is 9.84 Å². The summed E-state index contributed by atoms with van der Waals surface area (Å²) in [6, 6.07) is 0. The van der Waals surface area contributed by atoms with Gasteiger partial charge in [0.25, 0.3) is 5.56 Å². The maximum Gasteiger partial charge on any atom is 0.254 e. The van der Waals surface area contributed by atoms with Crippen molar-refractivity contribution in [2.24, 2.45) is 0 Å². The lowest BCUT2D eigenvalue weighted by Crippen LogP contribution is -2.25. The number of nitrogens with zero attached hydrogens (tertiary/aromatic N) is 1. The first-order valence-corrected chi connectivity index (χ1v) is 6.55. The zero-order valence-corrected chi connectivity index (χ0v) is 10.5. The minimum atomic E-state index is -0.116. The van der Waals surface area contributed by atoms with Crippen LogP contribution in [-0.2, 0) is 11.2 Å². The van der Waals surface area contributed by atoms with Crippen LogP contribution in [0.25, 0.3) is 0 Å². The molecule has 3 atom stereocenters. The lowest BCUT2D eigenvalue weighted by atomic mass is 9.88. The quantitative estimate of drug-likeness (QED) is 0.826. The smallest absolute Gasteiger partial charge is 0.254 e. The highest BCUT2D eigenvalue weighted by atomic mass is 16.5. The molecule has 3 unspecified atom stereocenters. The van der Waals surface area contributed by atoms with Crippen molar-refractivity contribution < 1.29 is 9.84 Å². The molecular formula is C13H18N2O3. The number of rotatable bonds is 3. The van der Waals surface area contributed by atoms with Gasteiger partial charge < -0.3 is 14.8 Å². The minimum Gasteiger partial charge on any atom is -0.396 e. The Hall–Kier alpha value is -1.20. The van der Waals surface area contributed by atoms with Crippen LogP contribution in [-0.4, -0.2) is 33.9 Å². The van der Waals surface area contributed by atoms with E-state index >= 15 is 0 Å². The Morgan fingerprint density at radius 2 is 2.33 bits per heavy atom.